The van der Waals surface area contributed by atoms with Crippen LogP contribution in [-0.4, -0.2) is 36.0 Å². The summed E-state index contributed by atoms with van der Waals surface area (Å²) in [6.07, 6.45) is 2.98. The number of carbonyl (C=O) groups excluding carboxylic acids is 1. The fourth-order valence-corrected chi connectivity index (χ4v) is 1.99. The molecule has 1 aliphatic rings. The molecule has 0 radical (unpaired) electrons. The van der Waals surface area contributed by atoms with Crippen molar-refractivity contribution in [3.63, 3.8) is 0 Å². The highest BCUT2D eigenvalue weighted by Crippen LogP contribution is 2.18. The number of hydrogen-bond acceptors (Lipinski definition) is 3. The van der Waals surface area contributed by atoms with Crippen LogP contribution in [0.2, 0.25) is 0 Å². The van der Waals surface area contributed by atoms with Crippen molar-refractivity contribution in [2.45, 2.75) is 31.8 Å². The smallest absolute Gasteiger partial charge is 0.230 e. The van der Waals surface area contributed by atoms with Crippen LogP contribution in [0.5, 0.6) is 0 Å². The Balaban J connectivity index is 2.40. The van der Waals surface area contributed by atoms with Crippen LogP contribution in [0.15, 0.2) is 0 Å². The zero-order valence-corrected chi connectivity index (χ0v) is 9.33. The zero-order valence-electron chi connectivity index (χ0n) is 8.52. The molecule has 0 aromatic rings. The van der Waals surface area contributed by atoms with Gasteiger partial charge < -0.3 is 10.6 Å². The molecule has 1 saturated heterocycles. The molecule has 2 N–H and O–H groups in total. The van der Waals surface area contributed by atoms with E-state index >= 15 is 0 Å². The van der Waals surface area contributed by atoms with Crippen LogP contribution in [-0.2, 0) is 4.79 Å². The first kappa shape index (κ1) is 10.9. The monoisotopic (exact) mass is 202 g/mol. The van der Waals surface area contributed by atoms with Gasteiger partial charge in [-0.3, -0.25) is 4.79 Å². The van der Waals surface area contributed by atoms with Crippen molar-refractivity contribution >= 4 is 17.7 Å². The molecule has 1 heterocycles. The van der Waals surface area contributed by atoms with E-state index in [1.54, 1.807) is 11.8 Å². The number of hydrogen-bond donors (Lipinski definition) is 2. The molecule has 1 rings (SSSR count). The highest BCUT2D eigenvalue weighted by molar-refractivity contribution is 7.99. The Bertz CT molecular complexity index is 194. The lowest BCUT2D eigenvalue weighted by atomic mass is 9.97. The van der Waals surface area contributed by atoms with E-state index in [1.807, 2.05) is 6.26 Å². The minimum Gasteiger partial charge on any atom is -0.351 e. The molecule has 3 nitrogen and oxygen atoms in total. The summed E-state index contributed by atoms with van der Waals surface area (Å²) < 4.78 is 0. The molecule has 0 bridgehead atoms. The standard InChI is InChI=1S/C9H18N2OS/c1-9(2)7(4-5-10-9)11-8(12)6-13-3/h7,10H,4-6H2,1-3H3,(H,11,12). The van der Waals surface area contributed by atoms with Gasteiger partial charge in [-0.05, 0) is 33.1 Å². The Morgan fingerprint density at radius 2 is 2.38 bits per heavy atom. The predicted molar refractivity (Wildman–Crippen MR) is 57.0 cm³/mol. The van der Waals surface area contributed by atoms with Crippen molar-refractivity contribution < 1.29 is 4.79 Å². The van der Waals surface area contributed by atoms with Crippen molar-refractivity contribution in [1.29, 1.82) is 0 Å². The van der Waals surface area contributed by atoms with Crippen molar-refractivity contribution in [2.24, 2.45) is 0 Å². The topological polar surface area (TPSA) is 41.1 Å². The second-order valence-electron chi connectivity index (χ2n) is 3.99. The maximum atomic E-state index is 11.3. The molecule has 1 atom stereocenters. The molecule has 76 valence electrons. The third-order valence-electron chi connectivity index (χ3n) is 2.50. The van der Waals surface area contributed by atoms with Gasteiger partial charge in [0.25, 0.3) is 0 Å². The Morgan fingerprint density at radius 1 is 1.69 bits per heavy atom. The van der Waals surface area contributed by atoms with Gasteiger partial charge in [0.05, 0.1) is 5.75 Å². The third-order valence-corrected chi connectivity index (χ3v) is 3.05. The fraction of sp³-hybridized carbons (Fsp3) is 0.889. The Morgan fingerprint density at radius 3 is 2.85 bits per heavy atom. The van der Waals surface area contributed by atoms with Gasteiger partial charge in [0, 0.05) is 11.6 Å². The van der Waals surface area contributed by atoms with Gasteiger partial charge >= 0.3 is 0 Å². The van der Waals surface area contributed by atoms with Crippen LogP contribution < -0.4 is 10.6 Å². The Kier molecular flexibility index (Phi) is 3.62. The highest BCUT2D eigenvalue weighted by atomic mass is 32.2. The highest BCUT2D eigenvalue weighted by Gasteiger charge is 2.34. The molecule has 0 aliphatic carbocycles. The molecule has 1 unspecified atom stereocenters. The number of thioether (sulfide) groups is 1. The summed E-state index contributed by atoms with van der Waals surface area (Å²) in [5.74, 6) is 0.710. The molecule has 0 saturated carbocycles. The maximum Gasteiger partial charge on any atom is 0.230 e. The Hall–Kier alpha value is -0.220. The van der Waals surface area contributed by atoms with E-state index in [1.165, 1.54) is 0 Å². The number of amides is 1. The predicted octanol–water partition coefficient (Wildman–Crippen LogP) is 0.606. The van der Waals surface area contributed by atoms with Crippen LogP contribution in [0.1, 0.15) is 20.3 Å². The average Bonchev–Trinajstić information content (AvgIpc) is 2.31. The van der Waals surface area contributed by atoms with Gasteiger partial charge in [-0.1, -0.05) is 0 Å². The first-order valence-corrected chi connectivity index (χ1v) is 5.99. The van der Waals surface area contributed by atoms with Gasteiger partial charge in [-0.2, -0.15) is 11.8 Å². The summed E-state index contributed by atoms with van der Waals surface area (Å²) in [4.78, 5) is 11.3. The molecule has 0 aromatic heterocycles. The summed E-state index contributed by atoms with van der Waals surface area (Å²) in [7, 11) is 0. The first-order chi connectivity index (χ1) is 6.06. The van der Waals surface area contributed by atoms with Crippen LogP contribution >= 0.6 is 11.8 Å². The minimum absolute atomic E-state index is 0.0497. The quantitative estimate of drug-likeness (QED) is 0.704. The van der Waals surface area contributed by atoms with Crippen LogP contribution in [0, 0.1) is 0 Å². The van der Waals surface area contributed by atoms with Gasteiger partial charge in [-0.15, -0.1) is 0 Å². The number of rotatable bonds is 3. The van der Waals surface area contributed by atoms with Crippen LogP contribution in [0.4, 0.5) is 0 Å². The van der Waals surface area contributed by atoms with Crippen LogP contribution in [0.25, 0.3) is 0 Å². The normalized spacial score (nSPS) is 25.9. The summed E-state index contributed by atoms with van der Waals surface area (Å²) >= 11 is 1.56. The van der Waals surface area contributed by atoms with E-state index in [-0.39, 0.29) is 17.5 Å². The molecule has 13 heavy (non-hydrogen) atoms. The van der Waals surface area contributed by atoms with E-state index in [0.29, 0.717) is 5.75 Å². The van der Waals surface area contributed by atoms with Gasteiger partial charge in [0.2, 0.25) is 5.91 Å². The van der Waals surface area contributed by atoms with Crippen molar-refractivity contribution in [2.75, 3.05) is 18.6 Å². The summed E-state index contributed by atoms with van der Waals surface area (Å²) in [5, 5.41) is 6.42. The molecular weight excluding hydrogens is 184 g/mol. The number of nitrogens with one attached hydrogen (secondary N) is 2. The van der Waals surface area contributed by atoms with E-state index in [0.717, 1.165) is 13.0 Å². The summed E-state index contributed by atoms with van der Waals surface area (Å²) in [6.45, 7) is 5.26. The first-order valence-electron chi connectivity index (χ1n) is 4.59. The van der Waals surface area contributed by atoms with Crippen molar-refractivity contribution in [3.8, 4) is 0 Å². The van der Waals surface area contributed by atoms with Crippen molar-refractivity contribution in [3.05, 3.63) is 0 Å². The molecule has 0 aromatic carbocycles. The SMILES string of the molecule is CSCC(=O)NC1CCNC1(C)C. The lowest BCUT2D eigenvalue weighted by Crippen LogP contribution is -2.51. The largest absolute Gasteiger partial charge is 0.351 e. The molecule has 4 heteroatoms. The minimum atomic E-state index is 0.0497. The van der Waals surface area contributed by atoms with Gasteiger partial charge in [0.15, 0.2) is 0 Å². The maximum absolute atomic E-state index is 11.3. The average molecular weight is 202 g/mol. The fourth-order valence-electron chi connectivity index (χ4n) is 1.64. The van der Waals surface area contributed by atoms with Crippen molar-refractivity contribution in [1.82, 2.24) is 10.6 Å². The molecule has 0 spiro atoms. The second-order valence-corrected chi connectivity index (χ2v) is 4.86. The second kappa shape index (κ2) is 4.33. The van der Waals surface area contributed by atoms with E-state index in [4.69, 9.17) is 0 Å². The third kappa shape index (κ3) is 2.88. The van der Waals surface area contributed by atoms with Gasteiger partial charge in [-0.25, -0.2) is 0 Å². The van der Waals surface area contributed by atoms with E-state index in [2.05, 4.69) is 24.5 Å². The summed E-state index contributed by atoms with van der Waals surface area (Å²) in [6, 6.07) is 0.284. The molecule has 1 amide bonds. The Labute approximate surface area is 84.0 Å². The zero-order chi connectivity index (χ0) is 9.90. The van der Waals surface area contributed by atoms with Crippen LogP contribution in [0.3, 0.4) is 0 Å². The van der Waals surface area contributed by atoms with Gasteiger partial charge in [0.1, 0.15) is 0 Å². The number of carbonyl (C=O) groups is 1. The molecular formula is C9H18N2OS. The van der Waals surface area contributed by atoms with E-state index < -0.39 is 0 Å². The molecule has 1 aliphatic heterocycles. The van der Waals surface area contributed by atoms with E-state index in [9.17, 15) is 4.79 Å². The summed E-state index contributed by atoms with van der Waals surface area (Å²) in [5.41, 5.74) is 0.0497. The lowest BCUT2D eigenvalue weighted by Gasteiger charge is -2.27. The lowest BCUT2D eigenvalue weighted by molar-refractivity contribution is -0.119. The molecule has 1 fully saturated rings.